The quantitative estimate of drug-likeness (QED) is 0.855. The van der Waals surface area contributed by atoms with Crippen molar-refractivity contribution in [2.24, 2.45) is 5.92 Å². The molecular weight excluding hydrogens is 342 g/mol. The van der Waals surface area contributed by atoms with E-state index in [-0.39, 0.29) is 0 Å². The maximum Gasteiger partial charge on any atom is 0.250 e. The van der Waals surface area contributed by atoms with E-state index < -0.39 is 10.0 Å². The number of hydrogen-bond donors (Lipinski definition) is 1. The molecule has 1 N–H and O–H groups in total. The fraction of sp³-hybridized carbons (Fsp3) is 0.471. The molecule has 1 fully saturated rings. The van der Waals surface area contributed by atoms with Gasteiger partial charge in [-0.1, -0.05) is 6.07 Å². The van der Waals surface area contributed by atoms with Crippen LogP contribution in [0.1, 0.15) is 23.3 Å². The van der Waals surface area contributed by atoms with Crippen LogP contribution in [0, 0.1) is 12.8 Å². The van der Waals surface area contributed by atoms with Crippen LogP contribution in [-0.4, -0.2) is 37.9 Å². The summed E-state index contributed by atoms with van der Waals surface area (Å²) in [5, 5.41) is 0. The largest absolute Gasteiger partial charge is 0.299 e. The Hall–Kier alpha value is -1.28. The lowest BCUT2D eigenvalue weighted by Gasteiger charge is -2.31. The average Bonchev–Trinajstić information content (AvgIpc) is 3.03. The van der Waals surface area contributed by atoms with Gasteiger partial charge in [0.1, 0.15) is 4.21 Å². The Labute approximate surface area is 147 Å². The highest BCUT2D eigenvalue weighted by Gasteiger charge is 2.22. The predicted molar refractivity (Wildman–Crippen MR) is 96.5 cm³/mol. The van der Waals surface area contributed by atoms with Gasteiger partial charge in [0.05, 0.1) is 0 Å². The summed E-state index contributed by atoms with van der Waals surface area (Å²) in [6.07, 6.45) is 5.73. The van der Waals surface area contributed by atoms with E-state index in [0.29, 0.717) is 16.7 Å². The summed E-state index contributed by atoms with van der Waals surface area (Å²) in [5.74, 6) is 0.408. The van der Waals surface area contributed by atoms with Gasteiger partial charge in [0, 0.05) is 30.4 Å². The van der Waals surface area contributed by atoms with Crippen molar-refractivity contribution in [2.45, 2.75) is 30.5 Å². The number of rotatable bonds is 6. The molecule has 0 aliphatic carbocycles. The number of pyridine rings is 1. The van der Waals surface area contributed by atoms with Crippen LogP contribution >= 0.6 is 11.3 Å². The van der Waals surface area contributed by atoms with Crippen molar-refractivity contribution in [3.05, 3.63) is 47.1 Å². The fourth-order valence-corrected chi connectivity index (χ4v) is 5.40. The van der Waals surface area contributed by atoms with Crippen molar-refractivity contribution in [1.82, 2.24) is 14.6 Å². The van der Waals surface area contributed by atoms with Gasteiger partial charge in [0.2, 0.25) is 10.0 Å². The fourth-order valence-electron chi connectivity index (χ4n) is 2.95. The van der Waals surface area contributed by atoms with E-state index in [1.807, 2.05) is 25.3 Å². The first-order valence-electron chi connectivity index (χ1n) is 8.20. The highest BCUT2D eigenvalue weighted by Crippen LogP contribution is 2.22. The van der Waals surface area contributed by atoms with E-state index in [1.54, 1.807) is 12.3 Å². The summed E-state index contributed by atoms with van der Waals surface area (Å²) in [4.78, 5) is 7.57. The maximum atomic E-state index is 12.3. The summed E-state index contributed by atoms with van der Waals surface area (Å²) < 4.78 is 27.7. The van der Waals surface area contributed by atoms with Crippen LogP contribution in [-0.2, 0) is 16.6 Å². The zero-order valence-corrected chi connectivity index (χ0v) is 15.4. The lowest BCUT2D eigenvalue weighted by molar-refractivity contribution is 0.178. The topological polar surface area (TPSA) is 62.3 Å². The number of aryl methyl sites for hydroxylation is 1. The second kappa shape index (κ2) is 7.74. The van der Waals surface area contributed by atoms with Gasteiger partial charge in [-0.05, 0) is 62.5 Å². The molecular formula is C17H23N3O2S2. The van der Waals surface area contributed by atoms with Crippen LogP contribution in [0.4, 0.5) is 0 Å². The molecule has 130 valence electrons. The Bertz CT molecular complexity index is 751. The van der Waals surface area contributed by atoms with Crippen LogP contribution in [0.15, 0.2) is 40.9 Å². The van der Waals surface area contributed by atoms with E-state index in [9.17, 15) is 8.42 Å². The first-order valence-corrected chi connectivity index (χ1v) is 10.5. The molecule has 7 heteroatoms. The molecule has 1 aliphatic heterocycles. The molecule has 0 atom stereocenters. The number of thiophene rings is 1. The highest BCUT2D eigenvalue weighted by atomic mass is 32.2. The molecule has 1 aliphatic rings. The third-order valence-electron chi connectivity index (χ3n) is 4.38. The van der Waals surface area contributed by atoms with E-state index in [4.69, 9.17) is 0 Å². The average molecular weight is 366 g/mol. The number of likely N-dealkylation sites (tertiary alicyclic amines) is 1. The van der Waals surface area contributed by atoms with Crippen LogP contribution < -0.4 is 4.72 Å². The van der Waals surface area contributed by atoms with E-state index in [0.717, 1.165) is 37.4 Å². The summed E-state index contributed by atoms with van der Waals surface area (Å²) in [5.41, 5.74) is 1.23. The van der Waals surface area contributed by atoms with E-state index >= 15 is 0 Å². The zero-order valence-electron chi connectivity index (χ0n) is 13.8. The number of nitrogens with one attached hydrogen (secondary N) is 1. The Morgan fingerprint density at radius 1 is 1.29 bits per heavy atom. The van der Waals surface area contributed by atoms with Crippen molar-refractivity contribution in [2.75, 3.05) is 19.6 Å². The molecule has 1 saturated heterocycles. The molecule has 5 nitrogen and oxygen atoms in total. The maximum absolute atomic E-state index is 12.3. The number of piperidine rings is 1. The summed E-state index contributed by atoms with van der Waals surface area (Å²) in [6.45, 7) is 5.36. The number of aromatic nitrogens is 1. The third-order valence-corrected chi connectivity index (χ3v) is 7.29. The van der Waals surface area contributed by atoms with Gasteiger partial charge in [-0.2, -0.15) is 0 Å². The van der Waals surface area contributed by atoms with Crippen LogP contribution in [0.3, 0.4) is 0 Å². The van der Waals surface area contributed by atoms with Gasteiger partial charge in [-0.25, -0.2) is 13.1 Å². The minimum atomic E-state index is -3.35. The molecule has 0 saturated carbocycles. The predicted octanol–water partition coefficient (Wildman–Crippen LogP) is 2.64. The van der Waals surface area contributed by atoms with Crippen LogP contribution in [0.25, 0.3) is 0 Å². The van der Waals surface area contributed by atoms with Crippen LogP contribution in [0.5, 0.6) is 0 Å². The van der Waals surface area contributed by atoms with E-state index in [1.165, 1.54) is 16.9 Å². The Morgan fingerprint density at radius 2 is 2.08 bits per heavy atom. The van der Waals surface area contributed by atoms with Gasteiger partial charge in [-0.15, -0.1) is 11.3 Å². The van der Waals surface area contributed by atoms with Gasteiger partial charge >= 0.3 is 0 Å². The van der Waals surface area contributed by atoms with Gasteiger partial charge in [0.25, 0.3) is 0 Å². The number of nitrogens with zero attached hydrogens (tertiary/aromatic N) is 2. The molecule has 24 heavy (non-hydrogen) atoms. The SMILES string of the molecule is Cc1ccc(S(=O)(=O)NCC2CCN(Cc3cccnc3)CC2)s1. The van der Waals surface area contributed by atoms with Crippen molar-refractivity contribution in [1.29, 1.82) is 0 Å². The molecule has 0 amide bonds. The molecule has 0 bridgehead atoms. The number of sulfonamides is 1. The summed E-state index contributed by atoms with van der Waals surface area (Å²) >= 11 is 1.32. The zero-order chi connectivity index (χ0) is 17.0. The first-order chi connectivity index (χ1) is 11.5. The second-order valence-corrected chi connectivity index (χ2v) is 9.58. The minimum absolute atomic E-state index is 0.408. The third kappa shape index (κ3) is 4.63. The van der Waals surface area contributed by atoms with Crippen molar-refractivity contribution < 1.29 is 8.42 Å². The second-order valence-electron chi connectivity index (χ2n) is 6.30. The minimum Gasteiger partial charge on any atom is -0.299 e. The molecule has 0 spiro atoms. The molecule has 2 aromatic heterocycles. The Balaban J connectivity index is 1.46. The van der Waals surface area contributed by atoms with Crippen molar-refractivity contribution in [3.8, 4) is 0 Å². The first kappa shape index (κ1) is 17.5. The summed E-state index contributed by atoms with van der Waals surface area (Å²) in [6, 6.07) is 7.58. The lowest BCUT2D eigenvalue weighted by atomic mass is 9.97. The molecule has 0 aromatic carbocycles. The Morgan fingerprint density at radius 3 is 2.71 bits per heavy atom. The molecule has 0 unspecified atom stereocenters. The van der Waals surface area contributed by atoms with Gasteiger partial charge in [0.15, 0.2) is 0 Å². The van der Waals surface area contributed by atoms with Gasteiger partial charge < -0.3 is 0 Å². The number of hydrogen-bond acceptors (Lipinski definition) is 5. The lowest BCUT2D eigenvalue weighted by Crippen LogP contribution is -2.38. The van der Waals surface area contributed by atoms with Crippen molar-refractivity contribution >= 4 is 21.4 Å². The van der Waals surface area contributed by atoms with Crippen molar-refractivity contribution in [3.63, 3.8) is 0 Å². The standard InChI is InChI=1S/C17H23N3O2S2/c1-14-4-5-17(23-14)24(21,22)19-12-15-6-9-20(10-7-15)13-16-3-2-8-18-11-16/h2-5,8,11,15,19H,6-7,9-10,12-13H2,1H3. The Kier molecular flexibility index (Phi) is 5.65. The molecule has 0 radical (unpaired) electrons. The monoisotopic (exact) mass is 365 g/mol. The normalized spacial score (nSPS) is 17.2. The highest BCUT2D eigenvalue weighted by molar-refractivity contribution is 7.91. The van der Waals surface area contributed by atoms with E-state index in [2.05, 4.69) is 20.7 Å². The van der Waals surface area contributed by atoms with Crippen LogP contribution in [0.2, 0.25) is 0 Å². The summed E-state index contributed by atoms with van der Waals surface area (Å²) in [7, 11) is -3.35. The molecule has 3 heterocycles. The smallest absolute Gasteiger partial charge is 0.250 e. The molecule has 3 rings (SSSR count). The molecule has 2 aromatic rings. The van der Waals surface area contributed by atoms with Gasteiger partial charge in [-0.3, -0.25) is 9.88 Å².